The second-order valence-electron chi connectivity index (χ2n) is 10.7. The van der Waals surface area contributed by atoms with Crippen LogP contribution in [0.1, 0.15) is 62.0 Å². The van der Waals surface area contributed by atoms with E-state index in [9.17, 15) is 14.7 Å². The number of aryl methyl sites for hydroxylation is 1. The molecule has 1 aliphatic heterocycles. The molecule has 0 saturated carbocycles. The van der Waals surface area contributed by atoms with Crippen molar-refractivity contribution in [2.75, 3.05) is 46.0 Å². The maximum absolute atomic E-state index is 13.3. The minimum absolute atomic E-state index is 0.0259. The van der Waals surface area contributed by atoms with E-state index < -0.39 is 0 Å². The number of nitrogens with one attached hydrogen (secondary N) is 2. The number of carbonyl (C=O) groups excluding carboxylic acids is 1. The summed E-state index contributed by atoms with van der Waals surface area (Å²) in [5, 5.41) is 18.6. The molecule has 0 aliphatic carbocycles. The normalized spacial score (nSPS) is 16.0. The number of H-pyrrole nitrogens is 1. The first-order valence-corrected chi connectivity index (χ1v) is 13.0. The van der Waals surface area contributed by atoms with Gasteiger partial charge in [0, 0.05) is 43.7 Å². The number of aliphatic hydroxyl groups is 1. The molecule has 2 aromatic heterocycles. The number of rotatable bonds is 10. The molecular weight excluding hydrogens is 458 g/mol. The molecule has 3 heterocycles. The molecule has 1 aliphatic rings. The molecule has 1 aromatic carbocycles. The van der Waals surface area contributed by atoms with Gasteiger partial charge in [-0.1, -0.05) is 27.2 Å². The van der Waals surface area contributed by atoms with E-state index in [1.807, 2.05) is 23.7 Å². The molecule has 9 heteroatoms. The summed E-state index contributed by atoms with van der Waals surface area (Å²) in [6, 6.07) is 3.71. The van der Waals surface area contributed by atoms with Gasteiger partial charge in [-0.3, -0.25) is 19.2 Å². The zero-order chi connectivity index (χ0) is 25.9. The molecule has 1 saturated heterocycles. The van der Waals surface area contributed by atoms with Crippen molar-refractivity contribution in [2.45, 2.75) is 53.0 Å². The van der Waals surface area contributed by atoms with Crippen LogP contribution in [0.25, 0.3) is 21.8 Å². The molecule has 196 valence electrons. The van der Waals surface area contributed by atoms with Gasteiger partial charge in [-0.05, 0) is 42.9 Å². The Morgan fingerprint density at radius 1 is 1.25 bits per heavy atom. The number of morpholine rings is 1. The third-order valence-electron chi connectivity index (χ3n) is 7.07. The van der Waals surface area contributed by atoms with E-state index in [1.165, 1.54) is 0 Å². The van der Waals surface area contributed by atoms with Crippen molar-refractivity contribution >= 4 is 27.7 Å². The number of nitrogens with zero attached hydrogens (tertiary/aromatic N) is 3. The van der Waals surface area contributed by atoms with Crippen molar-refractivity contribution in [3.8, 4) is 0 Å². The number of hydrogen-bond donors (Lipinski definition) is 3. The zero-order valence-corrected chi connectivity index (χ0v) is 21.9. The number of aliphatic hydroxyl groups excluding tert-OH is 1. The highest BCUT2D eigenvalue weighted by Gasteiger charge is 2.25. The summed E-state index contributed by atoms with van der Waals surface area (Å²) in [7, 11) is 0. The van der Waals surface area contributed by atoms with Gasteiger partial charge in [0.1, 0.15) is 0 Å². The number of amides is 1. The summed E-state index contributed by atoms with van der Waals surface area (Å²) in [4.78, 5) is 31.5. The van der Waals surface area contributed by atoms with Crippen molar-refractivity contribution in [3.63, 3.8) is 0 Å². The first-order chi connectivity index (χ1) is 17.2. The van der Waals surface area contributed by atoms with Crippen LogP contribution in [0, 0.1) is 12.3 Å². The third kappa shape index (κ3) is 5.63. The predicted octanol–water partition coefficient (Wildman–Crippen LogP) is 3.00. The number of benzene rings is 1. The van der Waals surface area contributed by atoms with Crippen molar-refractivity contribution in [1.29, 1.82) is 0 Å². The molecular formula is C27H39N5O4. The van der Waals surface area contributed by atoms with Crippen LogP contribution in [0.4, 0.5) is 0 Å². The van der Waals surface area contributed by atoms with E-state index in [0.717, 1.165) is 56.6 Å². The molecule has 0 bridgehead atoms. The summed E-state index contributed by atoms with van der Waals surface area (Å²) in [6.45, 7) is 13.1. The van der Waals surface area contributed by atoms with Crippen LogP contribution in [0.5, 0.6) is 0 Å². The number of aromatic nitrogens is 3. The Bertz CT molecular complexity index is 1270. The van der Waals surface area contributed by atoms with Crippen molar-refractivity contribution in [2.24, 2.45) is 5.41 Å². The molecule has 1 atom stereocenters. The van der Waals surface area contributed by atoms with E-state index in [1.54, 1.807) is 6.20 Å². The van der Waals surface area contributed by atoms with Crippen LogP contribution in [-0.2, 0) is 4.74 Å². The molecule has 9 nitrogen and oxygen atoms in total. The van der Waals surface area contributed by atoms with Gasteiger partial charge in [-0.2, -0.15) is 5.10 Å². The third-order valence-corrected chi connectivity index (χ3v) is 7.07. The highest BCUT2D eigenvalue weighted by molar-refractivity contribution is 6.07. The number of ether oxygens (including phenoxy) is 1. The van der Waals surface area contributed by atoms with Gasteiger partial charge < -0.3 is 20.1 Å². The van der Waals surface area contributed by atoms with Crippen molar-refractivity contribution in [1.82, 2.24) is 25.0 Å². The lowest BCUT2D eigenvalue weighted by molar-refractivity contribution is 0.0212. The van der Waals surface area contributed by atoms with Crippen LogP contribution in [0.2, 0.25) is 0 Å². The van der Waals surface area contributed by atoms with Gasteiger partial charge in [-0.15, -0.1) is 0 Å². The average molecular weight is 498 g/mol. The zero-order valence-electron chi connectivity index (χ0n) is 21.9. The fourth-order valence-corrected chi connectivity index (χ4v) is 5.22. The number of pyridine rings is 1. The predicted molar refractivity (Wildman–Crippen MR) is 142 cm³/mol. The Labute approximate surface area is 211 Å². The maximum atomic E-state index is 13.3. The molecule has 1 unspecified atom stereocenters. The topological polar surface area (TPSA) is 112 Å². The van der Waals surface area contributed by atoms with Crippen LogP contribution < -0.4 is 10.9 Å². The molecule has 0 spiro atoms. The average Bonchev–Trinajstić information content (AvgIpc) is 3.29. The number of carbonyl (C=O) groups is 1. The van der Waals surface area contributed by atoms with Gasteiger partial charge in [-0.25, -0.2) is 0 Å². The minimum Gasteiger partial charge on any atom is -0.396 e. The lowest BCUT2D eigenvalue weighted by Gasteiger charge is -2.35. The molecule has 1 amide bonds. The Kier molecular flexibility index (Phi) is 8.12. The standard InChI is InChI=1S/C27H39N5O4/c1-5-6-19(7-10-33)32-24-21-14-20(18(2)13-23(21)30-26(35)22(24)15-29-32)25(34)28-16-27(3,4)17-31-8-11-36-12-9-31/h13-15,19,33H,5-12,16-17H2,1-4H3,(H,28,34)(H,30,35). The largest absolute Gasteiger partial charge is 0.396 e. The van der Waals surface area contributed by atoms with E-state index in [-0.39, 0.29) is 29.5 Å². The number of aromatic amines is 1. The van der Waals surface area contributed by atoms with E-state index >= 15 is 0 Å². The Morgan fingerprint density at radius 3 is 2.69 bits per heavy atom. The lowest BCUT2D eigenvalue weighted by atomic mass is 9.92. The molecule has 1 fully saturated rings. The number of hydrogen-bond acceptors (Lipinski definition) is 6. The Hall–Kier alpha value is -2.75. The summed E-state index contributed by atoms with van der Waals surface area (Å²) in [5.41, 5.74) is 2.47. The van der Waals surface area contributed by atoms with Gasteiger partial charge in [0.05, 0.1) is 41.9 Å². The highest BCUT2D eigenvalue weighted by Crippen LogP contribution is 2.29. The van der Waals surface area contributed by atoms with Crippen molar-refractivity contribution < 1.29 is 14.6 Å². The molecule has 36 heavy (non-hydrogen) atoms. The van der Waals surface area contributed by atoms with E-state index in [0.29, 0.717) is 34.9 Å². The first-order valence-electron chi connectivity index (χ1n) is 13.0. The van der Waals surface area contributed by atoms with Crippen molar-refractivity contribution in [3.05, 3.63) is 39.8 Å². The molecule has 0 radical (unpaired) electrons. The Balaban J connectivity index is 1.65. The van der Waals surface area contributed by atoms with E-state index in [4.69, 9.17) is 4.74 Å². The molecule has 3 N–H and O–H groups in total. The second-order valence-corrected chi connectivity index (χ2v) is 10.7. The highest BCUT2D eigenvalue weighted by atomic mass is 16.5. The van der Waals surface area contributed by atoms with Gasteiger partial charge in [0.15, 0.2) is 0 Å². The summed E-state index contributed by atoms with van der Waals surface area (Å²) in [6.07, 6.45) is 3.90. The molecule has 3 aromatic rings. The quantitative estimate of drug-likeness (QED) is 0.397. The fraction of sp³-hybridized carbons (Fsp3) is 0.593. The Morgan fingerprint density at radius 2 is 2.00 bits per heavy atom. The SMILES string of the molecule is CCCC(CCO)n1ncc2c(=O)[nH]c3cc(C)c(C(=O)NCC(C)(C)CN4CCOCC4)cc3c21. The fourth-order valence-electron chi connectivity index (χ4n) is 5.22. The smallest absolute Gasteiger partial charge is 0.259 e. The van der Waals surface area contributed by atoms with Crippen LogP contribution >= 0.6 is 0 Å². The van der Waals surface area contributed by atoms with Gasteiger partial charge in [0.2, 0.25) is 0 Å². The van der Waals surface area contributed by atoms with Crippen LogP contribution in [0.3, 0.4) is 0 Å². The summed E-state index contributed by atoms with van der Waals surface area (Å²) in [5.74, 6) is -0.129. The number of fused-ring (bicyclic) bond motifs is 3. The van der Waals surface area contributed by atoms with E-state index in [2.05, 4.69) is 41.1 Å². The maximum Gasteiger partial charge on any atom is 0.259 e. The van der Waals surface area contributed by atoms with Crippen LogP contribution in [0.15, 0.2) is 23.1 Å². The summed E-state index contributed by atoms with van der Waals surface area (Å²) >= 11 is 0. The second kappa shape index (κ2) is 11.1. The monoisotopic (exact) mass is 497 g/mol. The van der Waals surface area contributed by atoms with Gasteiger partial charge >= 0.3 is 0 Å². The van der Waals surface area contributed by atoms with Gasteiger partial charge in [0.25, 0.3) is 11.5 Å². The van der Waals surface area contributed by atoms with Crippen LogP contribution in [-0.4, -0.2) is 76.7 Å². The minimum atomic E-state index is -0.204. The summed E-state index contributed by atoms with van der Waals surface area (Å²) < 4.78 is 7.30. The first kappa shape index (κ1) is 26.3. The molecule has 4 rings (SSSR count). The lowest BCUT2D eigenvalue weighted by Crippen LogP contribution is -2.46.